The molecule has 0 saturated carbocycles. The smallest absolute Gasteiger partial charge is 0.107 e. The van der Waals surface area contributed by atoms with E-state index >= 15 is 0 Å². The van der Waals surface area contributed by atoms with E-state index in [-0.39, 0.29) is 31.0 Å². The van der Waals surface area contributed by atoms with E-state index in [0.29, 0.717) is 0 Å². The molecular weight excluding hydrogens is 311 g/mol. The lowest BCUT2D eigenvalue weighted by atomic mass is 10.1. The number of rotatable bonds is 3. The maximum absolute atomic E-state index is 6.40. The lowest BCUT2D eigenvalue weighted by molar-refractivity contribution is 0.194. The standard InChI is InChI=1S/C13H21N5.2ClH.H3N/c14-13(4-8-17-9-5-15-6-10-17)11-12-3-1-2-7-18(12)16-13;;;/h1-3,7,11,15-16H,4-6,8-10,14H2;2*1H;1H3. The first-order valence-corrected chi connectivity index (χ1v) is 6.62. The minimum atomic E-state index is -0.417. The summed E-state index contributed by atoms with van der Waals surface area (Å²) in [6.07, 6.45) is 11.2. The van der Waals surface area contributed by atoms with Crippen molar-refractivity contribution in [1.29, 1.82) is 0 Å². The van der Waals surface area contributed by atoms with Crippen molar-refractivity contribution in [1.82, 2.24) is 26.8 Å². The van der Waals surface area contributed by atoms with E-state index in [9.17, 15) is 0 Å². The molecule has 1 atom stereocenters. The SMILES string of the molecule is Cl.Cl.N.NC1(CCN2CCNCC2)C=C2C=CC=CN2N1. The van der Waals surface area contributed by atoms with Crippen LogP contribution in [0.4, 0.5) is 0 Å². The minimum Gasteiger partial charge on any atom is -0.344 e. The van der Waals surface area contributed by atoms with E-state index in [1.165, 1.54) is 0 Å². The third-order valence-electron chi connectivity index (χ3n) is 3.68. The second-order valence-electron chi connectivity index (χ2n) is 5.13. The van der Waals surface area contributed by atoms with E-state index in [0.717, 1.165) is 44.8 Å². The van der Waals surface area contributed by atoms with Crippen molar-refractivity contribution in [2.75, 3.05) is 32.7 Å². The normalized spacial score (nSPS) is 27.1. The maximum Gasteiger partial charge on any atom is 0.107 e. The Kier molecular flexibility index (Phi) is 8.50. The van der Waals surface area contributed by atoms with Crippen LogP contribution in [0.25, 0.3) is 0 Å². The molecule has 8 heteroatoms. The zero-order valence-corrected chi connectivity index (χ0v) is 13.8. The van der Waals surface area contributed by atoms with Crippen molar-refractivity contribution in [2.45, 2.75) is 12.1 Å². The lowest BCUT2D eigenvalue weighted by Crippen LogP contribution is -2.55. The number of nitrogens with one attached hydrogen (secondary N) is 2. The Morgan fingerprint density at radius 3 is 2.57 bits per heavy atom. The van der Waals surface area contributed by atoms with Crippen molar-refractivity contribution in [3.8, 4) is 0 Å². The number of hydrogen-bond acceptors (Lipinski definition) is 6. The quantitative estimate of drug-likeness (QED) is 0.607. The number of fused-ring (bicyclic) bond motifs is 1. The van der Waals surface area contributed by atoms with Gasteiger partial charge in [0, 0.05) is 38.9 Å². The van der Waals surface area contributed by atoms with E-state index in [1.54, 1.807) is 0 Å². The van der Waals surface area contributed by atoms with Gasteiger partial charge in [0.15, 0.2) is 0 Å². The van der Waals surface area contributed by atoms with Crippen LogP contribution >= 0.6 is 24.8 Å². The molecule has 0 aromatic rings. The van der Waals surface area contributed by atoms with Gasteiger partial charge in [-0.05, 0) is 24.6 Å². The predicted molar refractivity (Wildman–Crippen MR) is 91.7 cm³/mol. The van der Waals surface area contributed by atoms with Gasteiger partial charge in [0.05, 0.1) is 5.70 Å². The van der Waals surface area contributed by atoms with Gasteiger partial charge in [0.25, 0.3) is 0 Å². The molecule has 0 bridgehead atoms. The van der Waals surface area contributed by atoms with Crippen LogP contribution in [0, 0.1) is 0 Å². The first-order valence-electron chi connectivity index (χ1n) is 6.62. The highest BCUT2D eigenvalue weighted by molar-refractivity contribution is 5.85. The monoisotopic (exact) mass is 336 g/mol. The number of halogens is 2. The van der Waals surface area contributed by atoms with Gasteiger partial charge >= 0.3 is 0 Å². The van der Waals surface area contributed by atoms with Crippen LogP contribution in [0.1, 0.15) is 6.42 Å². The molecule has 0 amide bonds. The van der Waals surface area contributed by atoms with Crippen LogP contribution < -0.4 is 22.6 Å². The third kappa shape index (κ3) is 4.96. The van der Waals surface area contributed by atoms with Crippen molar-refractivity contribution in [2.24, 2.45) is 5.73 Å². The van der Waals surface area contributed by atoms with Gasteiger partial charge in [-0.1, -0.05) is 6.08 Å². The van der Waals surface area contributed by atoms with Crippen molar-refractivity contribution >= 4 is 24.8 Å². The Balaban J connectivity index is 0.00000133. The summed E-state index contributed by atoms with van der Waals surface area (Å²) in [5.41, 5.74) is 10.5. The molecule has 21 heavy (non-hydrogen) atoms. The fourth-order valence-corrected chi connectivity index (χ4v) is 2.60. The summed E-state index contributed by atoms with van der Waals surface area (Å²) < 4.78 is 0. The highest BCUT2D eigenvalue weighted by atomic mass is 35.5. The molecule has 7 N–H and O–H groups in total. The molecular formula is C13H26Cl2N6. The van der Waals surface area contributed by atoms with Crippen molar-refractivity contribution in [3.63, 3.8) is 0 Å². The highest BCUT2D eigenvalue weighted by Gasteiger charge is 2.32. The molecule has 6 nitrogen and oxygen atoms in total. The molecule has 3 aliphatic rings. The number of hydrazine groups is 1. The summed E-state index contributed by atoms with van der Waals surface area (Å²) in [6.45, 7) is 5.45. The van der Waals surface area contributed by atoms with E-state index in [4.69, 9.17) is 5.73 Å². The van der Waals surface area contributed by atoms with E-state index in [1.807, 2.05) is 23.4 Å². The lowest BCUT2D eigenvalue weighted by Gasteiger charge is -2.32. The number of hydrogen-bond donors (Lipinski definition) is 4. The van der Waals surface area contributed by atoms with E-state index in [2.05, 4.69) is 27.8 Å². The summed E-state index contributed by atoms with van der Waals surface area (Å²) in [5.74, 6) is 0. The summed E-state index contributed by atoms with van der Waals surface area (Å²) in [7, 11) is 0. The molecule has 3 rings (SSSR count). The zero-order chi connectivity index (χ0) is 12.4. The number of piperazine rings is 1. The Morgan fingerprint density at radius 2 is 1.90 bits per heavy atom. The molecule has 1 unspecified atom stereocenters. The number of nitrogens with zero attached hydrogens (tertiary/aromatic N) is 2. The predicted octanol–water partition coefficient (Wildman–Crippen LogP) is 0.730. The second-order valence-corrected chi connectivity index (χ2v) is 5.13. The summed E-state index contributed by atoms with van der Waals surface area (Å²) >= 11 is 0. The highest BCUT2D eigenvalue weighted by Crippen LogP contribution is 2.23. The second kappa shape index (κ2) is 8.75. The van der Waals surface area contributed by atoms with Crippen LogP contribution in [-0.4, -0.2) is 48.3 Å². The molecule has 1 saturated heterocycles. The summed E-state index contributed by atoms with van der Waals surface area (Å²) in [6, 6.07) is 0. The largest absolute Gasteiger partial charge is 0.344 e. The first kappa shape index (κ1) is 20.4. The third-order valence-corrected chi connectivity index (χ3v) is 3.68. The molecule has 3 heterocycles. The molecule has 3 aliphatic heterocycles. The summed E-state index contributed by atoms with van der Waals surface area (Å²) in [5, 5.41) is 5.36. The van der Waals surface area contributed by atoms with E-state index < -0.39 is 5.66 Å². The van der Waals surface area contributed by atoms with Gasteiger partial charge in [-0.2, -0.15) is 0 Å². The molecule has 1 fully saturated rings. The van der Waals surface area contributed by atoms with Gasteiger partial charge in [-0.3, -0.25) is 5.01 Å². The minimum absolute atomic E-state index is 0. The molecule has 0 radical (unpaired) electrons. The fraction of sp³-hybridized carbons (Fsp3) is 0.538. The van der Waals surface area contributed by atoms with Gasteiger partial charge in [-0.15, -0.1) is 24.8 Å². The Hall–Kier alpha value is -0.600. The van der Waals surface area contributed by atoms with Gasteiger partial charge in [0.2, 0.25) is 0 Å². The van der Waals surface area contributed by atoms with Crippen LogP contribution in [0.15, 0.2) is 36.2 Å². The average molecular weight is 337 g/mol. The van der Waals surface area contributed by atoms with Crippen LogP contribution in [0.2, 0.25) is 0 Å². The van der Waals surface area contributed by atoms with Crippen molar-refractivity contribution in [3.05, 3.63) is 36.2 Å². The zero-order valence-electron chi connectivity index (χ0n) is 12.1. The van der Waals surface area contributed by atoms with Gasteiger partial charge < -0.3 is 22.1 Å². The van der Waals surface area contributed by atoms with Crippen LogP contribution in [0.3, 0.4) is 0 Å². The Morgan fingerprint density at radius 1 is 1.19 bits per heavy atom. The summed E-state index contributed by atoms with van der Waals surface area (Å²) in [4.78, 5) is 2.47. The Labute approximate surface area is 138 Å². The number of allylic oxidation sites excluding steroid dienone is 3. The fourth-order valence-electron chi connectivity index (χ4n) is 2.60. The van der Waals surface area contributed by atoms with Crippen LogP contribution in [-0.2, 0) is 0 Å². The topological polar surface area (TPSA) is 91.6 Å². The first-order chi connectivity index (χ1) is 8.75. The van der Waals surface area contributed by atoms with Gasteiger partial charge in [0.1, 0.15) is 5.66 Å². The average Bonchev–Trinajstić information content (AvgIpc) is 2.74. The maximum atomic E-state index is 6.40. The molecule has 0 aromatic carbocycles. The van der Waals surface area contributed by atoms with Crippen LogP contribution in [0.5, 0.6) is 0 Å². The number of nitrogens with two attached hydrogens (primary N) is 1. The van der Waals surface area contributed by atoms with Crippen molar-refractivity contribution < 1.29 is 0 Å². The molecule has 0 aromatic heterocycles. The molecule has 0 spiro atoms. The molecule has 122 valence electrons. The van der Waals surface area contributed by atoms with Gasteiger partial charge in [-0.25, -0.2) is 5.43 Å². The molecule has 0 aliphatic carbocycles. The Bertz CT molecular complexity index is 405.